The maximum atomic E-state index is 11.6. The van der Waals surface area contributed by atoms with Crippen molar-refractivity contribution < 1.29 is 4.79 Å². The van der Waals surface area contributed by atoms with E-state index in [4.69, 9.17) is 23.2 Å². The molecule has 16 heavy (non-hydrogen) atoms. The number of H-pyrrole nitrogens is 1. The number of hydrogen-bond donors (Lipinski definition) is 2. The predicted molar refractivity (Wildman–Crippen MR) is 60.8 cm³/mol. The second-order valence-corrected chi connectivity index (χ2v) is 3.70. The molecule has 82 valence electrons. The first-order valence-electron chi connectivity index (χ1n) is 4.29. The van der Waals surface area contributed by atoms with E-state index in [1.54, 1.807) is 18.2 Å². The number of para-hydroxylation sites is 1. The first kappa shape index (κ1) is 10.9. The summed E-state index contributed by atoms with van der Waals surface area (Å²) in [6, 6.07) is 4.95. The average Bonchev–Trinajstić information content (AvgIpc) is 2.76. The van der Waals surface area contributed by atoms with Crippen LogP contribution < -0.4 is 5.32 Å². The van der Waals surface area contributed by atoms with E-state index in [9.17, 15) is 4.79 Å². The van der Waals surface area contributed by atoms with Crippen LogP contribution in [-0.2, 0) is 0 Å². The highest BCUT2D eigenvalue weighted by Crippen LogP contribution is 2.29. The van der Waals surface area contributed by atoms with Gasteiger partial charge < -0.3 is 5.32 Å². The Balaban J connectivity index is 2.25. The van der Waals surface area contributed by atoms with Gasteiger partial charge in [0.2, 0.25) is 5.82 Å². The standard InChI is InChI=1S/C9H6Cl2N4O/c10-5-2-1-3-6(11)7(5)14-9(16)8-12-4-13-15-8/h1-4H,(H,14,16)(H,12,13,15). The maximum Gasteiger partial charge on any atom is 0.293 e. The van der Waals surface area contributed by atoms with Gasteiger partial charge >= 0.3 is 0 Å². The molecule has 0 unspecified atom stereocenters. The van der Waals surface area contributed by atoms with Crippen molar-refractivity contribution >= 4 is 34.8 Å². The highest BCUT2D eigenvalue weighted by Gasteiger charge is 2.13. The molecule has 0 spiro atoms. The topological polar surface area (TPSA) is 70.7 Å². The van der Waals surface area contributed by atoms with Crippen molar-refractivity contribution in [3.63, 3.8) is 0 Å². The van der Waals surface area contributed by atoms with Crippen LogP contribution in [0.3, 0.4) is 0 Å². The molecule has 0 radical (unpaired) electrons. The summed E-state index contributed by atoms with van der Waals surface area (Å²) < 4.78 is 0. The van der Waals surface area contributed by atoms with Crippen molar-refractivity contribution in [1.29, 1.82) is 0 Å². The van der Waals surface area contributed by atoms with Gasteiger partial charge in [0, 0.05) is 0 Å². The molecule has 7 heteroatoms. The Labute approximate surface area is 101 Å². The lowest BCUT2D eigenvalue weighted by atomic mass is 10.3. The zero-order valence-corrected chi connectivity index (χ0v) is 9.38. The van der Waals surface area contributed by atoms with Gasteiger partial charge in [0.25, 0.3) is 5.91 Å². The molecule has 0 aliphatic carbocycles. The molecule has 1 aromatic heterocycles. The van der Waals surface area contributed by atoms with Crippen LogP contribution >= 0.6 is 23.2 Å². The summed E-state index contributed by atoms with van der Waals surface area (Å²) >= 11 is 11.8. The van der Waals surface area contributed by atoms with Crippen molar-refractivity contribution in [1.82, 2.24) is 15.2 Å². The van der Waals surface area contributed by atoms with Gasteiger partial charge in [-0.15, -0.1) is 0 Å². The summed E-state index contributed by atoms with van der Waals surface area (Å²) in [5, 5.41) is 9.27. The third-order valence-corrected chi connectivity index (χ3v) is 2.46. The summed E-state index contributed by atoms with van der Waals surface area (Å²) in [6.07, 6.45) is 1.24. The smallest absolute Gasteiger partial charge is 0.293 e. The summed E-state index contributed by atoms with van der Waals surface area (Å²) in [6.45, 7) is 0. The number of nitrogens with one attached hydrogen (secondary N) is 2. The maximum absolute atomic E-state index is 11.6. The lowest BCUT2D eigenvalue weighted by Gasteiger charge is -2.06. The van der Waals surface area contributed by atoms with Gasteiger partial charge in [0.1, 0.15) is 6.33 Å². The normalized spacial score (nSPS) is 10.1. The first-order chi connectivity index (χ1) is 7.68. The number of aromatic amines is 1. The van der Waals surface area contributed by atoms with Crippen LogP contribution in [0.1, 0.15) is 10.6 Å². The minimum Gasteiger partial charge on any atom is -0.317 e. The largest absolute Gasteiger partial charge is 0.317 e. The molecule has 0 saturated carbocycles. The number of carbonyl (C=O) groups excluding carboxylic acids is 1. The van der Waals surface area contributed by atoms with E-state index in [2.05, 4.69) is 20.5 Å². The van der Waals surface area contributed by atoms with Gasteiger partial charge in [-0.2, -0.15) is 5.10 Å². The minimum atomic E-state index is -0.451. The van der Waals surface area contributed by atoms with E-state index < -0.39 is 5.91 Å². The van der Waals surface area contributed by atoms with Crippen molar-refractivity contribution in [2.75, 3.05) is 5.32 Å². The molecular weight excluding hydrogens is 251 g/mol. The van der Waals surface area contributed by atoms with E-state index in [-0.39, 0.29) is 5.82 Å². The average molecular weight is 257 g/mol. The molecule has 0 fully saturated rings. The Kier molecular flexibility index (Phi) is 3.07. The fourth-order valence-corrected chi connectivity index (χ4v) is 1.60. The predicted octanol–water partition coefficient (Wildman–Crippen LogP) is 2.36. The molecule has 0 aliphatic rings. The Morgan fingerprint density at radius 3 is 2.56 bits per heavy atom. The molecule has 2 N–H and O–H groups in total. The van der Waals surface area contributed by atoms with Gasteiger partial charge in [-0.25, -0.2) is 4.98 Å². The highest BCUT2D eigenvalue weighted by atomic mass is 35.5. The van der Waals surface area contributed by atoms with Crippen LogP contribution in [0.25, 0.3) is 0 Å². The number of hydrogen-bond acceptors (Lipinski definition) is 3. The summed E-state index contributed by atoms with van der Waals surface area (Å²) in [5.41, 5.74) is 0.354. The van der Waals surface area contributed by atoms with E-state index in [0.717, 1.165) is 0 Å². The van der Waals surface area contributed by atoms with Gasteiger partial charge in [-0.3, -0.25) is 9.89 Å². The van der Waals surface area contributed by atoms with Crippen LogP contribution in [0, 0.1) is 0 Å². The molecule has 2 aromatic rings. The number of amides is 1. The number of nitrogens with zero attached hydrogens (tertiary/aromatic N) is 2. The monoisotopic (exact) mass is 256 g/mol. The summed E-state index contributed by atoms with van der Waals surface area (Å²) in [7, 11) is 0. The van der Waals surface area contributed by atoms with Gasteiger partial charge in [-0.05, 0) is 12.1 Å². The van der Waals surface area contributed by atoms with Crippen molar-refractivity contribution in [2.24, 2.45) is 0 Å². The van der Waals surface area contributed by atoms with Crippen molar-refractivity contribution in [3.05, 3.63) is 40.4 Å². The van der Waals surface area contributed by atoms with Crippen molar-refractivity contribution in [2.45, 2.75) is 0 Å². The van der Waals surface area contributed by atoms with E-state index in [1.165, 1.54) is 6.33 Å². The fourth-order valence-electron chi connectivity index (χ4n) is 1.10. The number of halogens is 2. The molecule has 0 saturated heterocycles. The second-order valence-electron chi connectivity index (χ2n) is 2.88. The Bertz CT molecular complexity index is 492. The third kappa shape index (κ3) is 2.15. The van der Waals surface area contributed by atoms with Crippen LogP contribution in [0.4, 0.5) is 5.69 Å². The quantitative estimate of drug-likeness (QED) is 0.867. The third-order valence-electron chi connectivity index (χ3n) is 1.83. The first-order valence-corrected chi connectivity index (χ1v) is 5.05. The molecule has 0 atom stereocenters. The molecule has 1 aromatic carbocycles. The second kappa shape index (κ2) is 4.51. The van der Waals surface area contributed by atoms with Gasteiger partial charge in [0.15, 0.2) is 0 Å². The Hall–Kier alpha value is -1.59. The SMILES string of the molecule is O=C(Nc1c(Cl)cccc1Cl)c1ncn[nH]1. The van der Waals surface area contributed by atoms with Crippen LogP contribution in [-0.4, -0.2) is 21.1 Å². The molecule has 0 aliphatic heterocycles. The van der Waals surface area contributed by atoms with Crippen LogP contribution in [0.5, 0.6) is 0 Å². The van der Waals surface area contributed by atoms with Crippen LogP contribution in [0.2, 0.25) is 10.0 Å². The molecule has 2 rings (SSSR count). The van der Waals surface area contributed by atoms with E-state index in [1.807, 2.05) is 0 Å². The Morgan fingerprint density at radius 1 is 1.31 bits per heavy atom. The highest BCUT2D eigenvalue weighted by molar-refractivity contribution is 6.39. The summed E-state index contributed by atoms with van der Waals surface area (Å²) in [4.78, 5) is 15.3. The van der Waals surface area contributed by atoms with Crippen molar-refractivity contribution in [3.8, 4) is 0 Å². The summed E-state index contributed by atoms with van der Waals surface area (Å²) in [5.74, 6) is -0.358. The lowest BCUT2D eigenvalue weighted by Crippen LogP contribution is -2.14. The molecule has 5 nitrogen and oxygen atoms in total. The number of carbonyl (C=O) groups is 1. The Morgan fingerprint density at radius 2 is 2.00 bits per heavy atom. The number of benzene rings is 1. The number of anilines is 1. The zero-order valence-electron chi connectivity index (χ0n) is 7.87. The fraction of sp³-hybridized carbons (Fsp3) is 0. The molecular formula is C9H6Cl2N4O. The van der Waals surface area contributed by atoms with E-state index >= 15 is 0 Å². The van der Waals surface area contributed by atoms with Gasteiger partial charge in [0.05, 0.1) is 15.7 Å². The number of aromatic nitrogens is 3. The lowest BCUT2D eigenvalue weighted by molar-refractivity contribution is 0.101. The zero-order chi connectivity index (χ0) is 11.5. The van der Waals surface area contributed by atoms with Gasteiger partial charge in [-0.1, -0.05) is 29.3 Å². The number of rotatable bonds is 2. The minimum absolute atomic E-state index is 0.0935. The van der Waals surface area contributed by atoms with Crippen LogP contribution in [0.15, 0.2) is 24.5 Å². The van der Waals surface area contributed by atoms with E-state index in [0.29, 0.717) is 15.7 Å². The molecule has 1 heterocycles. The molecule has 0 bridgehead atoms. The molecule has 1 amide bonds.